The second kappa shape index (κ2) is 9.68. The quantitative estimate of drug-likeness (QED) is 0.404. The third-order valence-electron chi connectivity index (χ3n) is 4.48. The molecule has 0 aliphatic heterocycles. The van der Waals surface area contributed by atoms with Gasteiger partial charge in [0.05, 0.1) is 11.7 Å². The van der Waals surface area contributed by atoms with Crippen molar-refractivity contribution >= 4 is 5.97 Å². The van der Waals surface area contributed by atoms with Crippen molar-refractivity contribution in [3.63, 3.8) is 0 Å². The van der Waals surface area contributed by atoms with Crippen LogP contribution in [0.25, 0.3) is 0 Å². The molecule has 0 spiro atoms. The van der Waals surface area contributed by atoms with Crippen molar-refractivity contribution in [3.8, 4) is 5.75 Å². The van der Waals surface area contributed by atoms with Crippen LogP contribution < -0.4 is 4.74 Å². The van der Waals surface area contributed by atoms with Crippen molar-refractivity contribution in [2.75, 3.05) is 0 Å². The van der Waals surface area contributed by atoms with Crippen LogP contribution in [0.3, 0.4) is 0 Å². The van der Waals surface area contributed by atoms with Crippen molar-refractivity contribution in [1.82, 2.24) is 0 Å². The van der Waals surface area contributed by atoms with Crippen LogP contribution in [-0.4, -0.2) is 23.0 Å². The zero-order valence-corrected chi connectivity index (χ0v) is 17.8. The highest BCUT2D eigenvalue weighted by Crippen LogP contribution is 2.36. The molecular formula is C23H26F4O4. The smallest absolute Gasteiger partial charge is 0.456 e. The zero-order chi connectivity index (χ0) is 23.4. The Bertz CT molecular complexity index is 886. The molecule has 0 aliphatic rings. The van der Waals surface area contributed by atoms with E-state index in [2.05, 4.69) is 4.74 Å². The number of rotatable bonds is 7. The first kappa shape index (κ1) is 24.7. The summed E-state index contributed by atoms with van der Waals surface area (Å²) in [5.41, 5.74) is -0.151. The van der Waals surface area contributed by atoms with Crippen LogP contribution in [0.2, 0.25) is 0 Å². The molecule has 0 fully saturated rings. The first-order valence-corrected chi connectivity index (χ1v) is 9.87. The average Bonchev–Trinajstić information content (AvgIpc) is 2.63. The zero-order valence-electron chi connectivity index (χ0n) is 17.8. The van der Waals surface area contributed by atoms with E-state index in [1.807, 2.05) is 6.92 Å². The molecule has 1 N–H and O–H groups in total. The molecule has 2 aromatic carbocycles. The van der Waals surface area contributed by atoms with E-state index in [0.29, 0.717) is 24.0 Å². The lowest BCUT2D eigenvalue weighted by Gasteiger charge is -2.24. The maximum absolute atomic E-state index is 14.6. The summed E-state index contributed by atoms with van der Waals surface area (Å²) in [5, 5.41) is 10.8. The topological polar surface area (TPSA) is 55.8 Å². The Morgan fingerprint density at radius 1 is 1.03 bits per heavy atom. The fourth-order valence-corrected chi connectivity index (χ4v) is 3.18. The van der Waals surface area contributed by atoms with Gasteiger partial charge in [-0.1, -0.05) is 31.5 Å². The molecule has 170 valence electrons. The summed E-state index contributed by atoms with van der Waals surface area (Å²) in [6.45, 7) is 6.92. The maximum Gasteiger partial charge on any atom is 0.573 e. The predicted molar refractivity (Wildman–Crippen MR) is 107 cm³/mol. The highest BCUT2D eigenvalue weighted by atomic mass is 19.4. The highest BCUT2D eigenvalue weighted by Gasteiger charge is 2.31. The van der Waals surface area contributed by atoms with E-state index in [1.54, 1.807) is 26.8 Å². The van der Waals surface area contributed by atoms with Gasteiger partial charge in [-0.2, -0.15) is 0 Å². The van der Waals surface area contributed by atoms with Crippen molar-refractivity contribution in [1.29, 1.82) is 0 Å². The Kier molecular flexibility index (Phi) is 7.70. The SMILES string of the molecule is CCC[C@H](c1ccc(C(=O)OC(C)(C)C)c(F)c1)[C@@H](O)c1ccc(OC(F)(F)F)cc1. The number of esters is 1. The van der Waals surface area contributed by atoms with Gasteiger partial charge < -0.3 is 14.6 Å². The molecule has 2 rings (SSSR count). The van der Waals surface area contributed by atoms with Crippen LogP contribution in [0, 0.1) is 5.82 Å². The number of aliphatic hydroxyl groups excluding tert-OH is 1. The molecule has 4 nitrogen and oxygen atoms in total. The molecule has 0 bridgehead atoms. The Balaban J connectivity index is 2.26. The van der Waals surface area contributed by atoms with Gasteiger partial charge in [0.1, 0.15) is 17.2 Å². The number of benzene rings is 2. The summed E-state index contributed by atoms with van der Waals surface area (Å²) in [6.07, 6.45) is -4.73. The first-order valence-electron chi connectivity index (χ1n) is 9.87. The molecular weight excluding hydrogens is 416 g/mol. The molecule has 0 aliphatic carbocycles. The number of aliphatic hydroxyl groups is 1. The number of ether oxygens (including phenoxy) is 2. The van der Waals surface area contributed by atoms with Crippen LogP contribution in [0.5, 0.6) is 5.75 Å². The normalized spacial score (nSPS) is 14.1. The average molecular weight is 442 g/mol. The summed E-state index contributed by atoms with van der Waals surface area (Å²) in [7, 11) is 0. The predicted octanol–water partition coefficient (Wildman–Crippen LogP) is 6.30. The third-order valence-corrected chi connectivity index (χ3v) is 4.48. The lowest BCUT2D eigenvalue weighted by atomic mass is 9.85. The van der Waals surface area contributed by atoms with Gasteiger partial charge in [0.25, 0.3) is 0 Å². The van der Waals surface area contributed by atoms with Crippen molar-refractivity contribution in [2.24, 2.45) is 0 Å². The van der Waals surface area contributed by atoms with Crippen LogP contribution in [0.15, 0.2) is 42.5 Å². The molecule has 0 saturated carbocycles. The highest BCUT2D eigenvalue weighted by molar-refractivity contribution is 5.90. The van der Waals surface area contributed by atoms with E-state index in [-0.39, 0.29) is 5.56 Å². The Hall–Kier alpha value is -2.61. The minimum atomic E-state index is -4.81. The van der Waals surface area contributed by atoms with Gasteiger partial charge in [0.15, 0.2) is 0 Å². The lowest BCUT2D eigenvalue weighted by molar-refractivity contribution is -0.274. The van der Waals surface area contributed by atoms with Crippen LogP contribution in [0.4, 0.5) is 17.6 Å². The molecule has 0 aromatic heterocycles. The molecule has 0 amide bonds. The lowest BCUT2D eigenvalue weighted by Crippen LogP contribution is -2.24. The molecule has 0 unspecified atom stereocenters. The second-order valence-corrected chi connectivity index (χ2v) is 8.20. The summed E-state index contributed by atoms with van der Waals surface area (Å²) in [4.78, 5) is 12.2. The third kappa shape index (κ3) is 7.24. The van der Waals surface area contributed by atoms with Crippen molar-refractivity contribution in [2.45, 2.75) is 64.5 Å². The second-order valence-electron chi connectivity index (χ2n) is 8.20. The molecule has 2 atom stereocenters. The molecule has 0 heterocycles. The largest absolute Gasteiger partial charge is 0.573 e. The van der Waals surface area contributed by atoms with Crippen LogP contribution in [-0.2, 0) is 4.74 Å². The summed E-state index contributed by atoms with van der Waals surface area (Å²) in [5.74, 6) is -2.48. The number of hydrogen-bond acceptors (Lipinski definition) is 4. The van der Waals surface area contributed by atoms with Crippen LogP contribution in [0.1, 0.15) is 74.0 Å². The number of alkyl halides is 3. The fraction of sp³-hybridized carbons (Fsp3) is 0.435. The van der Waals surface area contributed by atoms with Gasteiger partial charge in [-0.25, -0.2) is 9.18 Å². The molecule has 0 radical (unpaired) electrons. The van der Waals surface area contributed by atoms with Gasteiger partial charge >= 0.3 is 12.3 Å². The minimum Gasteiger partial charge on any atom is -0.456 e. The maximum atomic E-state index is 14.6. The van der Waals surface area contributed by atoms with E-state index in [9.17, 15) is 27.5 Å². The Morgan fingerprint density at radius 2 is 1.61 bits per heavy atom. The molecule has 8 heteroatoms. The molecule has 0 saturated heterocycles. The van der Waals surface area contributed by atoms with Gasteiger partial charge in [0.2, 0.25) is 0 Å². The monoisotopic (exact) mass is 442 g/mol. The Morgan fingerprint density at radius 3 is 2.10 bits per heavy atom. The number of halogens is 4. The Labute approximate surface area is 178 Å². The van der Waals surface area contributed by atoms with Crippen molar-refractivity contribution < 1.29 is 36.9 Å². The standard InChI is InChI=1S/C23H26F4O4/c1-5-6-17(20(28)14-7-10-16(11-8-14)30-23(25,26)27)15-9-12-18(19(24)13-15)21(29)31-22(2,3)4/h7-13,17,20,28H,5-6H2,1-4H3/t17-,20+/m1/s1. The number of carbonyl (C=O) groups is 1. The van der Waals surface area contributed by atoms with Gasteiger partial charge in [0, 0.05) is 5.92 Å². The molecule has 2 aromatic rings. The van der Waals surface area contributed by atoms with Gasteiger partial charge in [-0.3, -0.25) is 0 Å². The van der Waals surface area contributed by atoms with E-state index >= 15 is 0 Å². The van der Waals surface area contributed by atoms with Gasteiger partial charge in [-0.05, 0) is 62.6 Å². The van der Waals surface area contributed by atoms with Gasteiger partial charge in [-0.15, -0.1) is 13.2 Å². The summed E-state index contributed by atoms with van der Waals surface area (Å²) >= 11 is 0. The first-order chi connectivity index (χ1) is 14.3. The van der Waals surface area contributed by atoms with E-state index < -0.39 is 41.5 Å². The summed E-state index contributed by atoms with van der Waals surface area (Å²) < 4.78 is 60.7. The van der Waals surface area contributed by atoms with Crippen LogP contribution >= 0.6 is 0 Å². The van der Waals surface area contributed by atoms with E-state index in [1.165, 1.54) is 24.3 Å². The minimum absolute atomic E-state index is 0.211. The fourth-order valence-electron chi connectivity index (χ4n) is 3.18. The molecule has 31 heavy (non-hydrogen) atoms. The van der Waals surface area contributed by atoms with E-state index in [4.69, 9.17) is 4.74 Å². The number of hydrogen-bond donors (Lipinski definition) is 1. The number of carbonyl (C=O) groups excluding carboxylic acids is 1. The summed E-state index contributed by atoms with van der Waals surface area (Å²) in [6, 6.07) is 8.94. The van der Waals surface area contributed by atoms with Crippen molar-refractivity contribution in [3.05, 3.63) is 65.0 Å². The van der Waals surface area contributed by atoms with E-state index in [0.717, 1.165) is 12.1 Å².